The quantitative estimate of drug-likeness (QED) is 0.849. The highest BCUT2D eigenvalue weighted by atomic mass is 32.2. The van der Waals surface area contributed by atoms with Crippen LogP contribution in [0.1, 0.15) is 12.0 Å². The van der Waals surface area contributed by atoms with Gasteiger partial charge in [-0.3, -0.25) is 4.79 Å². The molecule has 1 rings (SSSR count). The van der Waals surface area contributed by atoms with Gasteiger partial charge in [0.1, 0.15) is 0 Å². The summed E-state index contributed by atoms with van der Waals surface area (Å²) in [7, 11) is -0.355. The van der Waals surface area contributed by atoms with E-state index in [1.807, 2.05) is 31.4 Å². The van der Waals surface area contributed by atoms with E-state index in [-0.39, 0.29) is 16.6 Å². The van der Waals surface area contributed by atoms with Crippen LogP contribution in [-0.2, 0) is 15.5 Å². The van der Waals surface area contributed by atoms with Crippen LogP contribution in [0.3, 0.4) is 0 Å². The van der Waals surface area contributed by atoms with Gasteiger partial charge in [-0.2, -0.15) is 4.36 Å². The molecule has 1 aromatic rings. The van der Waals surface area contributed by atoms with E-state index in [9.17, 15) is 4.79 Å². The average Bonchev–Trinajstić information content (AvgIpc) is 2.18. The van der Waals surface area contributed by atoms with Crippen LogP contribution in [0, 0.1) is 6.92 Å². The zero-order valence-electron chi connectivity index (χ0n) is 9.06. The third-order valence-corrected chi connectivity index (χ3v) is 3.34. The van der Waals surface area contributed by atoms with E-state index >= 15 is 0 Å². The lowest BCUT2D eigenvalue weighted by atomic mass is 10.2. The van der Waals surface area contributed by atoms with Crippen molar-refractivity contribution in [2.75, 3.05) is 12.8 Å². The summed E-state index contributed by atoms with van der Waals surface area (Å²) in [4.78, 5) is 12.4. The maximum atomic E-state index is 11.3. The highest BCUT2D eigenvalue weighted by Crippen LogP contribution is 2.09. The van der Waals surface area contributed by atoms with E-state index in [1.165, 1.54) is 5.56 Å². The van der Waals surface area contributed by atoms with Gasteiger partial charge in [0.2, 0.25) is 0 Å². The van der Waals surface area contributed by atoms with Crippen molar-refractivity contribution < 1.29 is 4.79 Å². The highest BCUT2D eigenvalue weighted by molar-refractivity contribution is 7.86. The molecule has 0 aliphatic heterocycles. The molecular formula is C11H16N2OS. The zero-order valence-corrected chi connectivity index (χ0v) is 9.88. The second-order valence-electron chi connectivity index (χ2n) is 3.32. The largest absolute Gasteiger partial charge is 0.330 e. The average molecular weight is 224 g/mol. The predicted molar refractivity (Wildman–Crippen MR) is 63.8 cm³/mol. The first-order chi connectivity index (χ1) is 7.13. The topological polar surface area (TPSA) is 55.5 Å². The maximum absolute atomic E-state index is 11.3. The van der Waals surface area contributed by atoms with Crippen LogP contribution < -0.4 is 5.73 Å². The van der Waals surface area contributed by atoms with Crippen LogP contribution in [0.5, 0.6) is 0 Å². The van der Waals surface area contributed by atoms with Crippen molar-refractivity contribution in [2.45, 2.75) is 18.2 Å². The van der Waals surface area contributed by atoms with Gasteiger partial charge in [-0.15, -0.1) is 0 Å². The first-order valence-corrected chi connectivity index (χ1v) is 6.40. The normalized spacial score (nSPS) is 12.7. The fourth-order valence-corrected chi connectivity index (χ4v) is 2.31. The number of rotatable bonds is 3. The number of benzene rings is 1. The summed E-state index contributed by atoms with van der Waals surface area (Å²) in [5.41, 5.74) is 6.48. The summed E-state index contributed by atoms with van der Waals surface area (Å²) in [6.45, 7) is 2.40. The molecule has 0 aromatic heterocycles. The van der Waals surface area contributed by atoms with Crippen molar-refractivity contribution in [3.63, 3.8) is 0 Å². The zero-order chi connectivity index (χ0) is 11.3. The number of hydrogen-bond acceptors (Lipinski definition) is 2. The van der Waals surface area contributed by atoms with Crippen molar-refractivity contribution in [1.29, 1.82) is 0 Å². The van der Waals surface area contributed by atoms with Gasteiger partial charge in [0.05, 0.1) is 0 Å². The van der Waals surface area contributed by atoms with E-state index in [1.54, 1.807) is 0 Å². The van der Waals surface area contributed by atoms with Gasteiger partial charge < -0.3 is 5.73 Å². The molecule has 1 atom stereocenters. The fourth-order valence-electron chi connectivity index (χ4n) is 1.17. The monoisotopic (exact) mass is 224 g/mol. The van der Waals surface area contributed by atoms with Crippen molar-refractivity contribution in [3.05, 3.63) is 29.8 Å². The van der Waals surface area contributed by atoms with Crippen molar-refractivity contribution in [2.24, 2.45) is 10.1 Å². The number of nitrogens with two attached hydrogens (primary N) is 1. The first kappa shape index (κ1) is 12.1. The first-order valence-electron chi connectivity index (χ1n) is 4.81. The minimum absolute atomic E-state index is 0.107. The van der Waals surface area contributed by atoms with Crippen LogP contribution in [-0.4, -0.2) is 18.7 Å². The van der Waals surface area contributed by atoms with Crippen molar-refractivity contribution in [1.82, 2.24) is 0 Å². The standard InChI is InChI=1S/C11H16N2OS/c1-9-4-3-5-10(8-9)15(2)13-11(14)6-7-12/h3-5,8H,6-7,12H2,1-2H3/t15-/m0/s1. The van der Waals surface area contributed by atoms with E-state index in [2.05, 4.69) is 10.4 Å². The van der Waals surface area contributed by atoms with Gasteiger partial charge in [-0.25, -0.2) is 0 Å². The summed E-state index contributed by atoms with van der Waals surface area (Å²) in [6, 6.07) is 8.07. The van der Waals surface area contributed by atoms with Gasteiger partial charge in [0.25, 0.3) is 5.91 Å². The number of amides is 1. The fraction of sp³-hybridized carbons (Fsp3) is 0.364. The summed E-state index contributed by atoms with van der Waals surface area (Å²) in [5.74, 6) is -0.107. The molecule has 0 aliphatic carbocycles. The Balaban J connectivity index is 2.84. The summed E-state index contributed by atoms with van der Waals surface area (Å²) < 4.78 is 4.09. The Morgan fingerprint density at radius 3 is 2.87 bits per heavy atom. The Morgan fingerprint density at radius 2 is 2.27 bits per heavy atom. The van der Waals surface area contributed by atoms with E-state index in [0.717, 1.165) is 4.90 Å². The molecule has 0 fully saturated rings. The molecule has 1 aromatic carbocycles. The Hall–Kier alpha value is -1.00. The molecule has 2 N–H and O–H groups in total. The second-order valence-corrected chi connectivity index (χ2v) is 4.93. The molecule has 4 heteroatoms. The molecule has 15 heavy (non-hydrogen) atoms. The molecule has 0 radical (unpaired) electrons. The van der Waals surface area contributed by atoms with Crippen LogP contribution in [0.2, 0.25) is 0 Å². The number of nitrogens with zero attached hydrogens (tertiary/aromatic N) is 1. The van der Waals surface area contributed by atoms with E-state index in [4.69, 9.17) is 5.73 Å². The molecule has 0 saturated heterocycles. The molecule has 0 aliphatic rings. The van der Waals surface area contributed by atoms with Crippen LogP contribution >= 0.6 is 0 Å². The summed E-state index contributed by atoms with van der Waals surface area (Å²) in [6.07, 6.45) is 2.28. The second kappa shape index (κ2) is 5.78. The Morgan fingerprint density at radius 1 is 1.53 bits per heavy atom. The lowest BCUT2D eigenvalue weighted by Gasteiger charge is -2.02. The maximum Gasteiger partial charge on any atom is 0.253 e. The molecule has 0 saturated carbocycles. The van der Waals surface area contributed by atoms with Gasteiger partial charge in [-0.1, -0.05) is 22.8 Å². The number of carbonyl (C=O) groups excluding carboxylic acids is 1. The van der Waals surface area contributed by atoms with Crippen LogP contribution in [0.4, 0.5) is 0 Å². The SMILES string of the molecule is Cc1cccc([S@](C)=NC(=O)CCN)c1. The van der Waals surface area contributed by atoms with Gasteiger partial charge >= 0.3 is 0 Å². The smallest absolute Gasteiger partial charge is 0.253 e. The Labute approximate surface area is 92.8 Å². The third kappa shape index (κ3) is 3.93. The van der Waals surface area contributed by atoms with Crippen molar-refractivity contribution in [3.8, 4) is 0 Å². The van der Waals surface area contributed by atoms with Crippen molar-refractivity contribution >= 4 is 16.6 Å². The molecule has 1 amide bonds. The Kier molecular flexibility index (Phi) is 4.65. The molecule has 3 nitrogen and oxygen atoms in total. The molecule has 0 heterocycles. The third-order valence-electron chi connectivity index (χ3n) is 1.93. The van der Waals surface area contributed by atoms with Crippen LogP contribution in [0.25, 0.3) is 0 Å². The van der Waals surface area contributed by atoms with E-state index < -0.39 is 0 Å². The number of carbonyl (C=O) groups is 1. The Bertz CT molecular complexity index is 388. The van der Waals surface area contributed by atoms with Crippen LogP contribution in [0.15, 0.2) is 33.5 Å². The molecule has 0 spiro atoms. The minimum Gasteiger partial charge on any atom is -0.330 e. The molecule has 0 unspecified atom stereocenters. The number of hydrogen-bond donors (Lipinski definition) is 1. The lowest BCUT2D eigenvalue weighted by Crippen LogP contribution is -2.06. The van der Waals surface area contributed by atoms with E-state index in [0.29, 0.717) is 13.0 Å². The minimum atomic E-state index is -0.355. The summed E-state index contributed by atoms with van der Waals surface area (Å²) >= 11 is 0. The molecule has 82 valence electrons. The van der Waals surface area contributed by atoms with Gasteiger partial charge in [0.15, 0.2) is 0 Å². The van der Waals surface area contributed by atoms with Gasteiger partial charge in [0, 0.05) is 17.9 Å². The number of aryl methyl sites for hydroxylation is 1. The molecular weight excluding hydrogens is 208 g/mol. The lowest BCUT2D eigenvalue weighted by molar-refractivity contribution is -0.117. The summed E-state index contributed by atoms with van der Waals surface area (Å²) in [5, 5.41) is 0. The van der Waals surface area contributed by atoms with Gasteiger partial charge in [-0.05, 0) is 30.9 Å². The highest BCUT2D eigenvalue weighted by Gasteiger charge is 2.00. The predicted octanol–water partition coefficient (Wildman–Crippen LogP) is 1.66. The molecule has 0 bridgehead atoms.